The minimum atomic E-state index is -1.62. The standard InChI is InChI=1S/C18H43NO2Si2/c1-12-19(13-15-20-22(8,9)17(2,3)4)14-16-21-23(10,11)18(5,6)7/h12-16H2,1-11H3. The van der Waals surface area contributed by atoms with E-state index >= 15 is 0 Å². The molecule has 0 aliphatic rings. The molecule has 0 N–H and O–H groups in total. The molecule has 5 heteroatoms. The van der Waals surface area contributed by atoms with Crippen molar-refractivity contribution in [1.29, 1.82) is 0 Å². The first-order chi connectivity index (χ1) is 10.1. The molecule has 0 rings (SSSR count). The van der Waals surface area contributed by atoms with Crippen LogP contribution in [0.3, 0.4) is 0 Å². The van der Waals surface area contributed by atoms with Gasteiger partial charge in [0.1, 0.15) is 0 Å². The molecule has 0 aliphatic heterocycles. The molecule has 3 nitrogen and oxygen atoms in total. The second-order valence-electron chi connectivity index (χ2n) is 9.65. The summed E-state index contributed by atoms with van der Waals surface area (Å²) in [6.45, 7) is 30.0. The third-order valence-electron chi connectivity index (χ3n) is 5.80. The molecular formula is C18H43NO2Si2. The van der Waals surface area contributed by atoms with Crippen molar-refractivity contribution in [2.24, 2.45) is 0 Å². The Bertz CT molecular complexity index is 312. The van der Waals surface area contributed by atoms with Gasteiger partial charge in [-0.05, 0) is 42.8 Å². The van der Waals surface area contributed by atoms with E-state index in [0.717, 1.165) is 32.8 Å². The molecule has 0 amide bonds. The Labute approximate surface area is 148 Å². The van der Waals surface area contributed by atoms with E-state index in [1.54, 1.807) is 0 Å². The van der Waals surface area contributed by atoms with E-state index in [9.17, 15) is 0 Å². The zero-order valence-electron chi connectivity index (χ0n) is 17.8. The van der Waals surface area contributed by atoms with Crippen molar-refractivity contribution in [3.05, 3.63) is 0 Å². The van der Waals surface area contributed by atoms with Gasteiger partial charge in [0.15, 0.2) is 16.6 Å². The molecule has 140 valence electrons. The van der Waals surface area contributed by atoms with E-state index in [4.69, 9.17) is 8.85 Å². The van der Waals surface area contributed by atoms with E-state index in [1.165, 1.54) is 0 Å². The van der Waals surface area contributed by atoms with Gasteiger partial charge in [0, 0.05) is 26.3 Å². The molecule has 0 aromatic heterocycles. The van der Waals surface area contributed by atoms with Crippen LogP contribution in [-0.4, -0.2) is 54.4 Å². The molecule has 0 saturated carbocycles. The number of likely N-dealkylation sites (N-methyl/N-ethyl adjacent to an activating group) is 1. The van der Waals surface area contributed by atoms with Crippen molar-refractivity contribution in [2.75, 3.05) is 32.8 Å². The van der Waals surface area contributed by atoms with Crippen LogP contribution in [0.5, 0.6) is 0 Å². The summed E-state index contributed by atoms with van der Waals surface area (Å²) in [5.74, 6) is 0. The molecule has 0 fully saturated rings. The largest absolute Gasteiger partial charge is 0.416 e. The van der Waals surface area contributed by atoms with E-state index in [1.807, 2.05) is 0 Å². The van der Waals surface area contributed by atoms with Crippen molar-refractivity contribution in [2.45, 2.75) is 84.7 Å². The lowest BCUT2D eigenvalue weighted by molar-refractivity contribution is 0.170. The maximum atomic E-state index is 6.29. The summed E-state index contributed by atoms with van der Waals surface area (Å²) in [6, 6.07) is 0. The fourth-order valence-electron chi connectivity index (χ4n) is 1.72. The van der Waals surface area contributed by atoms with Crippen LogP contribution in [0.1, 0.15) is 48.5 Å². The lowest BCUT2D eigenvalue weighted by atomic mass is 10.2. The Morgan fingerprint density at radius 2 is 1.00 bits per heavy atom. The first kappa shape index (κ1) is 23.3. The van der Waals surface area contributed by atoms with Gasteiger partial charge in [-0.25, -0.2) is 0 Å². The van der Waals surface area contributed by atoms with E-state index in [-0.39, 0.29) is 10.1 Å². The minimum absolute atomic E-state index is 0.287. The quantitative estimate of drug-likeness (QED) is 0.517. The van der Waals surface area contributed by atoms with Crippen LogP contribution in [0.15, 0.2) is 0 Å². The zero-order chi connectivity index (χ0) is 18.5. The summed E-state index contributed by atoms with van der Waals surface area (Å²) in [6.07, 6.45) is 0. The molecule has 0 unspecified atom stereocenters. The fourth-order valence-corrected chi connectivity index (χ4v) is 3.79. The van der Waals surface area contributed by atoms with Crippen LogP contribution in [0.2, 0.25) is 36.3 Å². The van der Waals surface area contributed by atoms with Gasteiger partial charge in [-0.1, -0.05) is 48.5 Å². The topological polar surface area (TPSA) is 21.7 Å². The van der Waals surface area contributed by atoms with Gasteiger partial charge in [0.25, 0.3) is 0 Å². The predicted octanol–water partition coefficient (Wildman–Crippen LogP) is 5.35. The average Bonchev–Trinajstić information content (AvgIpc) is 2.33. The van der Waals surface area contributed by atoms with Gasteiger partial charge in [0.05, 0.1) is 0 Å². The van der Waals surface area contributed by atoms with E-state index in [2.05, 4.69) is 79.6 Å². The number of nitrogens with zero attached hydrogens (tertiary/aromatic N) is 1. The van der Waals surface area contributed by atoms with Crippen LogP contribution in [0, 0.1) is 0 Å². The smallest absolute Gasteiger partial charge is 0.192 e. The molecule has 0 aliphatic carbocycles. The van der Waals surface area contributed by atoms with Gasteiger partial charge >= 0.3 is 0 Å². The zero-order valence-corrected chi connectivity index (χ0v) is 19.8. The number of hydrogen-bond acceptors (Lipinski definition) is 3. The molecule has 0 heterocycles. The lowest BCUT2D eigenvalue weighted by Crippen LogP contribution is -2.44. The maximum absolute atomic E-state index is 6.29. The SMILES string of the molecule is CCN(CCO[Si](C)(C)C(C)(C)C)CCO[Si](C)(C)C(C)(C)C. The van der Waals surface area contributed by atoms with Crippen molar-refractivity contribution >= 4 is 16.6 Å². The molecule has 0 spiro atoms. The van der Waals surface area contributed by atoms with Crippen LogP contribution in [0.25, 0.3) is 0 Å². The van der Waals surface area contributed by atoms with Gasteiger partial charge < -0.3 is 8.85 Å². The third-order valence-corrected chi connectivity index (χ3v) is 14.9. The maximum Gasteiger partial charge on any atom is 0.192 e. The summed E-state index contributed by atoms with van der Waals surface area (Å²) in [4.78, 5) is 2.44. The monoisotopic (exact) mass is 361 g/mol. The van der Waals surface area contributed by atoms with Crippen LogP contribution < -0.4 is 0 Å². The molecule has 0 atom stereocenters. The van der Waals surface area contributed by atoms with Crippen LogP contribution in [-0.2, 0) is 8.85 Å². The molecular weight excluding hydrogens is 318 g/mol. The van der Waals surface area contributed by atoms with Crippen molar-refractivity contribution in [3.63, 3.8) is 0 Å². The Morgan fingerprint density at radius 1 is 0.696 bits per heavy atom. The van der Waals surface area contributed by atoms with Gasteiger partial charge in [-0.2, -0.15) is 0 Å². The van der Waals surface area contributed by atoms with Crippen molar-refractivity contribution in [1.82, 2.24) is 4.90 Å². The molecule has 0 aromatic rings. The third kappa shape index (κ3) is 7.82. The summed E-state index contributed by atoms with van der Waals surface area (Å²) in [5, 5.41) is 0.574. The highest BCUT2D eigenvalue weighted by Crippen LogP contribution is 2.37. The van der Waals surface area contributed by atoms with Gasteiger partial charge in [-0.15, -0.1) is 0 Å². The highest BCUT2D eigenvalue weighted by atomic mass is 28.4. The lowest BCUT2D eigenvalue weighted by Gasteiger charge is -2.37. The number of hydrogen-bond donors (Lipinski definition) is 0. The minimum Gasteiger partial charge on any atom is -0.416 e. The molecule has 23 heavy (non-hydrogen) atoms. The number of rotatable bonds is 9. The first-order valence-corrected chi connectivity index (χ1v) is 15.0. The molecule has 0 aromatic carbocycles. The van der Waals surface area contributed by atoms with E-state index < -0.39 is 16.6 Å². The van der Waals surface area contributed by atoms with Crippen LogP contribution >= 0.6 is 0 Å². The highest BCUT2D eigenvalue weighted by Gasteiger charge is 2.38. The van der Waals surface area contributed by atoms with Crippen LogP contribution in [0.4, 0.5) is 0 Å². The summed E-state index contributed by atoms with van der Waals surface area (Å²) >= 11 is 0. The molecule has 0 radical (unpaired) electrons. The first-order valence-electron chi connectivity index (χ1n) is 9.14. The van der Waals surface area contributed by atoms with Gasteiger partial charge in [-0.3, -0.25) is 4.90 Å². The summed E-state index contributed by atoms with van der Waals surface area (Å²) in [7, 11) is -3.24. The Hall–Kier alpha value is 0.314. The Morgan fingerprint density at radius 3 is 1.22 bits per heavy atom. The second-order valence-corrected chi connectivity index (χ2v) is 19.3. The summed E-state index contributed by atoms with van der Waals surface area (Å²) in [5.41, 5.74) is 0. The summed E-state index contributed by atoms with van der Waals surface area (Å²) < 4.78 is 12.6. The van der Waals surface area contributed by atoms with Crippen molar-refractivity contribution in [3.8, 4) is 0 Å². The normalized spacial score (nSPS) is 14.6. The second kappa shape index (κ2) is 8.61. The van der Waals surface area contributed by atoms with Gasteiger partial charge in [0.2, 0.25) is 0 Å². The Kier molecular flexibility index (Phi) is 8.73. The molecule has 0 bridgehead atoms. The fraction of sp³-hybridized carbons (Fsp3) is 1.00. The Balaban J connectivity index is 4.24. The van der Waals surface area contributed by atoms with Crippen molar-refractivity contribution < 1.29 is 8.85 Å². The molecule has 0 saturated heterocycles. The average molecular weight is 362 g/mol. The highest BCUT2D eigenvalue weighted by molar-refractivity contribution is 6.74. The van der Waals surface area contributed by atoms with E-state index in [0.29, 0.717) is 0 Å². The predicted molar refractivity (Wildman–Crippen MR) is 108 cm³/mol.